The number of nitrogens with zero attached hydrogens (tertiary/aromatic N) is 1. The molecule has 112 valence electrons. The highest BCUT2D eigenvalue weighted by molar-refractivity contribution is 7.89. The van der Waals surface area contributed by atoms with Gasteiger partial charge in [0.2, 0.25) is 10.0 Å². The molecule has 0 amide bonds. The second-order valence-electron chi connectivity index (χ2n) is 4.35. The fourth-order valence-electron chi connectivity index (χ4n) is 1.93. The number of benzene rings is 1. The monoisotopic (exact) mass is 324 g/mol. The van der Waals surface area contributed by atoms with Crippen LogP contribution < -0.4 is 5.73 Å². The number of nitrogens with two attached hydrogens (primary N) is 1. The molecule has 0 spiro atoms. The number of hydrogen-bond donors (Lipinski definition) is 2. The Balaban J connectivity index is 2.40. The number of sulfonamides is 1. The van der Waals surface area contributed by atoms with Crippen molar-refractivity contribution in [3.63, 3.8) is 0 Å². The van der Waals surface area contributed by atoms with E-state index in [1.165, 1.54) is 0 Å². The number of ether oxygens (including phenoxy) is 1. The number of halogens is 2. The lowest BCUT2D eigenvalue weighted by atomic mass is 10.3. The van der Waals surface area contributed by atoms with Crippen LogP contribution in [0.25, 0.3) is 0 Å². The van der Waals surface area contributed by atoms with Crippen LogP contribution in [0.5, 0.6) is 0 Å². The zero-order chi connectivity index (χ0) is 14.9. The summed E-state index contributed by atoms with van der Waals surface area (Å²) in [6.07, 6.45) is -0.627. The van der Waals surface area contributed by atoms with Crippen LogP contribution in [0, 0.1) is 5.82 Å². The smallest absolute Gasteiger partial charge is 0.246 e. The van der Waals surface area contributed by atoms with Crippen LogP contribution in [0.2, 0.25) is 5.02 Å². The third kappa shape index (κ3) is 2.89. The average Bonchev–Trinajstić information content (AvgIpc) is 2.42. The molecule has 0 radical (unpaired) electrons. The van der Waals surface area contributed by atoms with E-state index in [2.05, 4.69) is 0 Å². The Morgan fingerprint density at radius 3 is 2.90 bits per heavy atom. The molecule has 0 bridgehead atoms. The molecule has 0 saturated carbocycles. The zero-order valence-electron chi connectivity index (χ0n) is 10.4. The van der Waals surface area contributed by atoms with Crippen LogP contribution in [0.4, 0.5) is 10.1 Å². The van der Waals surface area contributed by atoms with Gasteiger partial charge in [-0.1, -0.05) is 11.6 Å². The second kappa shape index (κ2) is 5.82. The maximum Gasteiger partial charge on any atom is 0.246 e. The van der Waals surface area contributed by atoms with Crippen molar-refractivity contribution in [1.29, 1.82) is 0 Å². The summed E-state index contributed by atoms with van der Waals surface area (Å²) in [5.41, 5.74) is 5.57. The SMILES string of the molecule is Nc1cc(Cl)c(F)c(S(=O)(=O)N2CCOC(CO)C2)c1. The molecule has 1 fully saturated rings. The van der Waals surface area contributed by atoms with Gasteiger partial charge in [-0.05, 0) is 12.1 Å². The lowest BCUT2D eigenvalue weighted by Crippen LogP contribution is -2.47. The van der Waals surface area contributed by atoms with Crippen LogP contribution in [-0.4, -0.2) is 50.2 Å². The minimum absolute atomic E-state index is 0.0509. The van der Waals surface area contributed by atoms with Crippen molar-refractivity contribution in [2.45, 2.75) is 11.0 Å². The number of hydrogen-bond acceptors (Lipinski definition) is 5. The van der Waals surface area contributed by atoms with E-state index in [1.807, 2.05) is 0 Å². The Kier molecular flexibility index (Phi) is 4.50. The maximum absolute atomic E-state index is 13.9. The van der Waals surface area contributed by atoms with Gasteiger partial charge < -0.3 is 15.6 Å². The molecule has 0 aliphatic carbocycles. The van der Waals surface area contributed by atoms with Gasteiger partial charge in [0.15, 0.2) is 5.82 Å². The normalized spacial score (nSPS) is 21.1. The second-order valence-corrected chi connectivity index (χ2v) is 6.67. The molecule has 0 aromatic heterocycles. The predicted octanol–water partition coefficient (Wildman–Crippen LogP) is 0.443. The zero-order valence-corrected chi connectivity index (χ0v) is 12.0. The first-order valence-electron chi connectivity index (χ1n) is 5.83. The van der Waals surface area contributed by atoms with Gasteiger partial charge in [-0.25, -0.2) is 12.8 Å². The van der Waals surface area contributed by atoms with E-state index in [0.29, 0.717) is 0 Å². The summed E-state index contributed by atoms with van der Waals surface area (Å²) in [5, 5.41) is 8.67. The van der Waals surface area contributed by atoms with Crippen molar-refractivity contribution in [3.8, 4) is 0 Å². The summed E-state index contributed by atoms with van der Waals surface area (Å²) in [6, 6.07) is 2.17. The Morgan fingerprint density at radius 2 is 2.25 bits per heavy atom. The molecule has 1 aliphatic rings. The van der Waals surface area contributed by atoms with Crippen molar-refractivity contribution in [2.75, 3.05) is 32.0 Å². The maximum atomic E-state index is 13.9. The first kappa shape index (κ1) is 15.5. The summed E-state index contributed by atoms with van der Waals surface area (Å²) in [7, 11) is -4.08. The van der Waals surface area contributed by atoms with E-state index in [0.717, 1.165) is 16.4 Å². The minimum Gasteiger partial charge on any atom is -0.399 e. The third-order valence-electron chi connectivity index (χ3n) is 2.94. The van der Waals surface area contributed by atoms with Crippen LogP contribution >= 0.6 is 11.6 Å². The van der Waals surface area contributed by atoms with Gasteiger partial charge in [-0.15, -0.1) is 0 Å². The van der Waals surface area contributed by atoms with E-state index in [-0.39, 0.29) is 37.0 Å². The van der Waals surface area contributed by atoms with E-state index < -0.39 is 26.8 Å². The molecule has 2 rings (SSSR count). The Bertz CT molecular complexity index is 611. The van der Waals surface area contributed by atoms with Gasteiger partial charge in [0.25, 0.3) is 0 Å². The molecule has 6 nitrogen and oxygen atoms in total. The molecule has 1 heterocycles. The van der Waals surface area contributed by atoms with E-state index in [1.54, 1.807) is 0 Å². The quantitative estimate of drug-likeness (QED) is 0.787. The van der Waals surface area contributed by atoms with Crippen molar-refractivity contribution in [3.05, 3.63) is 23.0 Å². The third-order valence-corrected chi connectivity index (χ3v) is 5.08. The van der Waals surface area contributed by atoms with Crippen molar-refractivity contribution in [2.24, 2.45) is 0 Å². The number of aliphatic hydroxyl groups is 1. The molecule has 9 heteroatoms. The molecular formula is C11H14ClFN2O4S. The molecule has 1 atom stereocenters. The van der Waals surface area contributed by atoms with Crippen LogP contribution in [0.3, 0.4) is 0 Å². The van der Waals surface area contributed by atoms with Gasteiger partial charge in [-0.2, -0.15) is 4.31 Å². The van der Waals surface area contributed by atoms with Crippen molar-refractivity contribution < 1.29 is 22.7 Å². The van der Waals surface area contributed by atoms with Crippen LogP contribution in [0.15, 0.2) is 17.0 Å². The molecular weight excluding hydrogens is 311 g/mol. The molecule has 1 unspecified atom stereocenters. The van der Waals surface area contributed by atoms with Gasteiger partial charge in [-0.3, -0.25) is 0 Å². The topological polar surface area (TPSA) is 92.9 Å². The summed E-state index contributed by atoms with van der Waals surface area (Å²) < 4.78 is 45.0. The summed E-state index contributed by atoms with van der Waals surface area (Å²) in [5.74, 6) is -1.03. The average molecular weight is 325 g/mol. The Morgan fingerprint density at radius 1 is 1.55 bits per heavy atom. The number of morpholine rings is 1. The van der Waals surface area contributed by atoms with Crippen LogP contribution in [0.1, 0.15) is 0 Å². The summed E-state index contributed by atoms with van der Waals surface area (Å²) >= 11 is 5.62. The largest absolute Gasteiger partial charge is 0.399 e. The van der Waals surface area contributed by atoms with Gasteiger partial charge in [0.1, 0.15) is 4.90 Å². The number of rotatable bonds is 3. The first-order valence-corrected chi connectivity index (χ1v) is 7.65. The van der Waals surface area contributed by atoms with Gasteiger partial charge in [0.05, 0.1) is 24.3 Å². The highest BCUT2D eigenvalue weighted by Gasteiger charge is 2.33. The fraction of sp³-hybridized carbons (Fsp3) is 0.455. The highest BCUT2D eigenvalue weighted by Crippen LogP contribution is 2.28. The molecule has 1 aromatic rings. The molecule has 20 heavy (non-hydrogen) atoms. The van der Waals surface area contributed by atoms with E-state index >= 15 is 0 Å². The standard InChI is InChI=1S/C11H14ClFN2O4S/c12-9-3-7(14)4-10(11(9)13)20(17,18)15-1-2-19-8(5-15)6-16/h3-4,8,16H,1-2,5-6,14H2. The van der Waals surface area contributed by atoms with Crippen molar-refractivity contribution >= 4 is 27.3 Å². The number of aliphatic hydroxyl groups excluding tert-OH is 1. The van der Waals surface area contributed by atoms with Crippen molar-refractivity contribution in [1.82, 2.24) is 4.31 Å². The molecule has 1 aromatic carbocycles. The lowest BCUT2D eigenvalue weighted by molar-refractivity contribution is -0.0305. The van der Waals surface area contributed by atoms with E-state index in [4.69, 9.17) is 27.2 Å². The molecule has 1 aliphatic heterocycles. The first-order chi connectivity index (χ1) is 9.36. The highest BCUT2D eigenvalue weighted by atomic mass is 35.5. The number of anilines is 1. The van der Waals surface area contributed by atoms with Gasteiger partial charge >= 0.3 is 0 Å². The summed E-state index contributed by atoms with van der Waals surface area (Å²) in [4.78, 5) is -0.568. The van der Waals surface area contributed by atoms with Gasteiger partial charge in [0, 0.05) is 18.8 Å². The lowest BCUT2D eigenvalue weighted by Gasteiger charge is -2.31. The molecule has 3 N–H and O–H groups in total. The minimum atomic E-state index is -4.08. The predicted molar refractivity (Wildman–Crippen MR) is 71.4 cm³/mol. The fourth-order valence-corrected chi connectivity index (χ4v) is 3.79. The number of nitrogen functional groups attached to an aromatic ring is 1. The van der Waals surface area contributed by atoms with E-state index in [9.17, 15) is 12.8 Å². The Hall–Kier alpha value is -0.930. The Labute approximate surface area is 120 Å². The van der Waals surface area contributed by atoms with Crippen LogP contribution in [-0.2, 0) is 14.8 Å². The summed E-state index contributed by atoms with van der Waals surface area (Å²) in [6.45, 7) is -0.163. The molecule has 1 saturated heterocycles.